The fourth-order valence-electron chi connectivity index (χ4n) is 1.90. The minimum atomic E-state index is -0.648. The number of aryl methyl sites for hydroxylation is 1. The summed E-state index contributed by atoms with van der Waals surface area (Å²) in [6.45, 7) is 1.84. The molecule has 0 saturated carbocycles. The molecule has 0 atom stereocenters. The van der Waals surface area contributed by atoms with E-state index >= 15 is 0 Å². The third-order valence-corrected chi connectivity index (χ3v) is 3.22. The second-order valence-corrected chi connectivity index (χ2v) is 4.82. The molecule has 2 heterocycles. The van der Waals surface area contributed by atoms with Crippen molar-refractivity contribution in [3.05, 3.63) is 35.8 Å². The number of likely N-dealkylation sites (N-methyl/N-ethyl adjacent to an activating group) is 1. The van der Waals surface area contributed by atoms with Gasteiger partial charge in [0, 0.05) is 25.5 Å². The fraction of sp³-hybridized carbons (Fsp3) is 0.333. The molecule has 114 valence electrons. The molecule has 2 rings (SSSR count). The number of esters is 1. The lowest BCUT2D eigenvalue weighted by Gasteiger charge is -2.14. The first-order valence-electron chi connectivity index (χ1n) is 6.75. The highest BCUT2D eigenvalue weighted by molar-refractivity contribution is 5.90. The van der Waals surface area contributed by atoms with E-state index in [1.165, 1.54) is 4.90 Å². The minimum Gasteiger partial charge on any atom is -0.451 e. The van der Waals surface area contributed by atoms with Gasteiger partial charge in [0.05, 0.1) is 12.5 Å². The average molecular weight is 300 g/mol. The first-order valence-corrected chi connectivity index (χ1v) is 6.75. The first kappa shape index (κ1) is 15.5. The van der Waals surface area contributed by atoms with Crippen molar-refractivity contribution in [2.45, 2.75) is 13.3 Å². The van der Waals surface area contributed by atoms with E-state index in [0.29, 0.717) is 12.2 Å². The van der Waals surface area contributed by atoms with Crippen LogP contribution < -0.4 is 0 Å². The molecule has 0 saturated heterocycles. The van der Waals surface area contributed by atoms with Crippen LogP contribution in [0.15, 0.2) is 24.4 Å². The molecule has 0 aliphatic carbocycles. The van der Waals surface area contributed by atoms with Crippen LogP contribution in [-0.2, 0) is 9.53 Å². The summed E-state index contributed by atoms with van der Waals surface area (Å²) in [6, 6.07) is 7.48. The Kier molecular flexibility index (Phi) is 4.73. The smallest absolute Gasteiger partial charge is 0.359 e. The number of pyridine rings is 1. The minimum absolute atomic E-state index is 0.154. The van der Waals surface area contributed by atoms with Crippen molar-refractivity contribution in [2.24, 2.45) is 0 Å². The molecule has 0 aliphatic heterocycles. The molecule has 0 radical (unpaired) electrons. The number of carbonyl (C=O) groups is 2. The van der Waals surface area contributed by atoms with Crippen LogP contribution in [0.2, 0.25) is 0 Å². The van der Waals surface area contributed by atoms with Crippen LogP contribution in [0.5, 0.6) is 0 Å². The van der Waals surface area contributed by atoms with Crippen LogP contribution in [0.3, 0.4) is 0 Å². The molecule has 0 spiro atoms. The second-order valence-electron chi connectivity index (χ2n) is 4.82. The SMILES string of the molecule is Cc1cccc2nc(C(=O)OCC(=O)N(C)CCC#N)cn12. The Bertz CT molecular complexity index is 745. The van der Waals surface area contributed by atoms with Crippen molar-refractivity contribution >= 4 is 17.5 Å². The van der Waals surface area contributed by atoms with Crippen LogP contribution >= 0.6 is 0 Å². The van der Waals surface area contributed by atoms with E-state index in [1.54, 1.807) is 23.7 Å². The molecule has 2 aromatic heterocycles. The number of imidazole rings is 1. The Labute approximate surface area is 127 Å². The molecule has 2 aromatic rings. The molecule has 1 amide bonds. The summed E-state index contributed by atoms with van der Waals surface area (Å²) in [5, 5.41) is 8.47. The van der Waals surface area contributed by atoms with Crippen molar-refractivity contribution in [1.29, 1.82) is 5.26 Å². The summed E-state index contributed by atoms with van der Waals surface area (Å²) in [4.78, 5) is 29.2. The van der Waals surface area contributed by atoms with E-state index in [1.807, 2.05) is 25.1 Å². The molecule has 0 fully saturated rings. The van der Waals surface area contributed by atoms with Gasteiger partial charge in [-0.05, 0) is 19.1 Å². The lowest BCUT2D eigenvalue weighted by molar-refractivity contribution is -0.133. The zero-order valence-electron chi connectivity index (χ0n) is 12.4. The Morgan fingerprint density at radius 1 is 1.45 bits per heavy atom. The molecule has 7 heteroatoms. The predicted molar refractivity (Wildman–Crippen MR) is 78.1 cm³/mol. The zero-order chi connectivity index (χ0) is 16.1. The Hall–Kier alpha value is -2.88. The van der Waals surface area contributed by atoms with Gasteiger partial charge < -0.3 is 14.0 Å². The molecule has 7 nitrogen and oxygen atoms in total. The van der Waals surface area contributed by atoms with Gasteiger partial charge in [-0.3, -0.25) is 4.79 Å². The monoisotopic (exact) mass is 300 g/mol. The maximum Gasteiger partial charge on any atom is 0.359 e. The van der Waals surface area contributed by atoms with Crippen LogP contribution in [0.1, 0.15) is 22.6 Å². The number of hydrogen-bond donors (Lipinski definition) is 0. The van der Waals surface area contributed by atoms with Gasteiger partial charge in [-0.1, -0.05) is 6.07 Å². The normalized spacial score (nSPS) is 10.2. The topological polar surface area (TPSA) is 87.7 Å². The van der Waals surface area contributed by atoms with Gasteiger partial charge in [0.25, 0.3) is 5.91 Å². The molecule has 0 aliphatic rings. The van der Waals surface area contributed by atoms with Crippen molar-refractivity contribution in [3.63, 3.8) is 0 Å². The van der Waals surface area contributed by atoms with Gasteiger partial charge in [0.15, 0.2) is 12.3 Å². The summed E-state index contributed by atoms with van der Waals surface area (Å²) < 4.78 is 6.75. The lowest BCUT2D eigenvalue weighted by atomic mass is 10.4. The number of hydrogen-bond acceptors (Lipinski definition) is 5. The number of nitriles is 1. The van der Waals surface area contributed by atoms with E-state index in [9.17, 15) is 9.59 Å². The van der Waals surface area contributed by atoms with Crippen LogP contribution in [0, 0.1) is 18.3 Å². The second kappa shape index (κ2) is 6.72. The number of aromatic nitrogens is 2. The highest BCUT2D eigenvalue weighted by Crippen LogP contribution is 2.09. The zero-order valence-corrected chi connectivity index (χ0v) is 12.4. The van der Waals surface area contributed by atoms with Crippen LogP contribution in [0.4, 0.5) is 0 Å². The van der Waals surface area contributed by atoms with Gasteiger partial charge in [-0.25, -0.2) is 9.78 Å². The van der Waals surface area contributed by atoms with E-state index in [4.69, 9.17) is 10.00 Å². The summed E-state index contributed by atoms with van der Waals surface area (Å²) in [5.41, 5.74) is 1.74. The standard InChI is InChI=1S/C15H16N4O3/c1-11-5-3-6-13-17-12(9-19(11)13)15(21)22-10-14(20)18(2)8-4-7-16/h3,5-6,9H,4,8,10H2,1-2H3. The molecular formula is C15H16N4O3. The van der Waals surface area contributed by atoms with E-state index in [-0.39, 0.29) is 24.6 Å². The third-order valence-electron chi connectivity index (χ3n) is 3.22. The van der Waals surface area contributed by atoms with E-state index < -0.39 is 5.97 Å². The maximum absolute atomic E-state index is 11.9. The summed E-state index contributed by atoms with van der Waals surface area (Å²) in [6.07, 6.45) is 1.82. The van der Waals surface area contributed by atoms with E-state index in [2.05, 4.69) is 4.98 Å². The molecular weight excluding hydrogens is 284 g/mol. The highest BCUT2D eigenvalue weighted by Gasteiger charge is 2.16. The predicted octanol–water partition coefficient (Wildman–Crippen LogP) is 1.17. The number of nitrogens with zero attached hydrogens (tertiary/aromatic N) is 4. The largest absolute Gasteiger partial charge is 0.451 e. The molecule has 22 heavy (non-hydrogen) atoms. The molecule has 0 aromatic carbocycles. The number of amides is 1. The van der Waals surface area contributed by atoms with Gasteiger partial charge >= 0.3 is 5.97 Å². The van der Waals surface area contributed by atoms with Crippen molar-refractivity contribution < 1.29 is 14.3 Å². The summed E-state index contributed by atoms with van der Waals surface area (Å²) in [7, 11) is 1.56. The quantitative estimate of drug-likeness (QED) is 0.773. The Balaban J connectivity index is 1.98. The number of fused-ring (bicyclic) bond motifs is 1. The van der Waals surface area contributed by atoms with Crippen LogP contribution in [-0.4, -0.2) is 46.4 Å². The molecule has 0 N–H and O–H groups in total. The Morgan fingerprint density at radius 3 is 2.91 bits per heavy atom. The molecule has 0 bridgehead atoms. The van der Waals surface area contributed by atoms with Gasteiger partial charge in [0.1, 0.15) is 5.65 Å². The number of ether oxygens (including phenoxy) is 1. The lowest BCUT2D eigenvalue weighted by Crippen LogP contribution is -2.31. The highest BCUT2D eigenvalue weighted by atomic mass is 16.5. The van der Waals surface area contributed by atoms with Crippen LogP contribution in [0.25, 0.3) is 5.65 Å². The van der Waals surface area contributed by atoms with Crippen molar-refractivity contribution in [1.82, 2.24) is 14.3 Å². The van der Waals surface area contributed by atoms with Crippen molar-refractivity contribution in [3.8, 4) is 6.07 Å². The fourth-order valence-corrected chi connectivity index (χ4v) is 1.90. The average Bonchev–Trinajstić information content (AvgIpc) is 2.95. The van der Waals surface area contributed by atoms with Gasteiger partial charge in [-0.15, -0.1) is 0 Å². The number of carbonyl (C=O) groups excluding carboxylic acids is 2. The van der Waals surface area contributed by atoms with Gasteiger partial charge in [0.2, 0.25) is 0 Å². The number of rotatable bonds is 5. The van der Waals surface area contributed by atoms with Gasteiger partial charge in [-0.2, -0.15) is 5.26 Å². The van der Waals surface area contributed by atoms with E-state index in [0.717, 1.165) is 5.69 Å². The first-order chi connectivity index (χ1) is 10.5. The third kappa shape index (κ3) is 3.41. The maximum atomic E-state index is 11.9. The van der Waals surface area contributed by atoms with Crippen molar-refractivity contribution in [2.75, 3.05) is 20.2 Å². The molecule has 0 unspecified atom stereocenters. The summed E-state index contributed by atoms with van der Waals surface area (Å²) >= 11 is 0. The summed E-state index contributed by atoms with van der Waals surface area (Å²) in [5.74, 6) is -1.01. The Morgan fingerprint density at radius 2 is 2.23 bits per heavy atom.